The zero-order valence-electron chi connectivity index (χ0n) is 13.3. The Labute approximate surface area is 134 Å². The molecular formula is C16H21F2N3O2. The van der Waals surface area contributed by atoms with Crippen molar-refractivity contribution in [1.82, 2.24) is 10.2 Å². The van der Waals surface area contributed by atoms with E-state index in [0.717, 1.165) is 25.2 Å². The van der Waals surface area contributed by atoms with Gasteiger partial charge in [0.15, 0.2) is 0 Å². The average Bonchev–Trinajstić information content (AvgIpc) is 2.89. The number of nitrogens with one attached hydrogen (secondary N) is 1. The van der Waals surface area contributed by atoms with Crippen molar-refractivity contribution >= 4 is 17.5 Å². The summed E-state index contributed by atoms with van der Waals surface area (Å²) >= 11 is 0. The van der Waals surface area contributed by atoms with Gasteiger partial charge in [-0.3, -0.25) is 9.59 Å². The van der Waals surface area contributed by atoms with Gasteiger partial charge in [-0.05, 0) is 25.7 Å². The number of nitrogens with zero attached hydrogens (tertiary/aromatic N) is 2. The highest BCUT2D eigenvalue weighted by molar-refractivity contribution is 6.00. The van der Waals surface area contributed by atoms with Gasteiger partial charge in [0.2, 0.25) is 11.8 Å². The quantitative estimate of drug-likeness (QED) is 0.860. The van der Waals surface area contributed by atoms with Crippen molar-refractivity contribution in [2.75, 3.05) is 38.1 Å². The van der Waals surface area contributed by atoms with Crippen LogP contribution in [0.5, 0.6) is 0 Å². The maximum atomic E-state index is 13.8. The first-order chi connectivity index (χ1) is 10.9. The molecular weight excluding hydrogens is 304 g/mol. The fraction of sp³-hybridized carbons (Fsp3) is 0.500. The number of carbonyl (C=O) groups is 2. The maximum Gasteiger partial charge on any atom is 0.227 e. The van der Waals surface area contributed by atoms with Crippen molar-refractivity contribution < 1.29 is 18.4 Å². The first-order valence-corrected chi connectivity index (χ1v) is 7.64. The minimum atomic E-state index is -0.802. The van der Waals surface area contributed by atoms with E-state index < -0.39 is 17.6 Å². The summed E-state index contributed by atoms with van der Waals surface area (Å²) in [6, 6.07) is 3.05. The van der Waals surface area contributed by atoms with Crippen molar-refractivity contribution in [2.24, 2.45) is 5.92 Å². The molecule has 1 aliphatic heterocycles. The summed E-state index contributed by atoms with van der Waals surface area (Å²) in [6.45, 7) is 4.23. The van der Waals surface area contributed by atoms with E-state index in [-0.39, 0.29) is 30.5 Å². The normalized spacial score (nSPS) is 17.9. The first kappa shape index (κ1) is 17.3. The minimum absolute atomic E-state index is 0.0115. The van der Waals surface area contributed by atoms with Crippen LogP contribution in [0, 0.1) is 17.6 Å². The highest BCUT2D eigenvalue weighted by Crippen LogP contribution is 2.27. The topological polar surface area (TPSA) is 52.7 Å². The van der Waals surface area contributed by atoms with E-state index >= 15 is 0 Å². The van der Waals surface area contributed by atoms with Gasteiger partial charge in [0.05, 0.1) is 11.6 Å². The van der Waals surface area contributed by atoms with Crippen LogP contribution in [0.15, 0.2) is 18.2 Å². The van der Waals surface area contributed by atoms with Gasteiger partial charge in [0.1, 0.15) is 11.6 Å². The zero-order valence-corrected chi connectivity index (χ0v) is 13.3. The second-order valence-corrected chi connectivity index (χ2v) is 5.69. The Morgan fingerprint density at radius 1 is 1.43 bits per heavy atom. The number of hydrogen-bond donors (Lipinski definition) is 1. The van der Waals surface area contributed by atoms with Crippen LogP contribution in [-0.4, -0.2) is 49.9 Å². The van der Waals surface area contributed by atoms with Crippen molar-refractivity contribution in [3.05, 3.63) is 29.8 Å². The summed E-state index contributed by atoms with van der Waals surface area (Å²) in [7, 11) is 1.95. The lowest BCUT2D eigenvalue weighted by atomic mass is 10.1. The number of carbonyl (C=O) groups excluding carboxylic acids is 2. The van der Waals surface area contributed by atoms with Crippen molar-refractivity contribution in [3.8, 4) is 0 Å². The molecule has 23 heavy (non-hydrogen) atoms. The van der Waals surface area contributed by atoms with Crippen LogP contribution in [0.1, 0.15) is 13.3 Å². The third kappa shape index (κ3) is 4.25. The Morgan fingerprint density at radius 2 is 2.17 bits per heavy atom. The van der Waals surface area contributed by atoms with Crippen LogP contribution in [0.4, 0.5) is 14.5 Å². The zero-order chi connectivity index (χ0) is 17.0. The molecule has 2 rings (SSSR count). The van der Waals surface area contributed by atoms with Gasteiger partial charge in [0, 0.05) is 32.1 Å². The predicted molar refractivity (Wildman–Crippen MR) is 83.0 cm³/mol. The number of benzene rings is 1. The van der Waals surface area contributed by atoms with Crippen LogP contribution in [0.25, 0.3) is 0 Å². The molecule has 1 N–H and O–H groups in total. The second-order valence-electron chi connectivity index (χ2n) is 5.69. The van der Waals surface area contributed by atoms with E-state index in [2.05, 4.69) is 10.2 Å². The molecule has 0 unspecified atom stereocenters. The lowest BCUT2D eigenvalue weighted by Crippen LogP contribution is -2.37. The van der Waals surface area contributed by atoms with Crippen molar-refractivity contribution in [2.45, 2.75) is 13.3 Å². The summed E-state index contributed by atoms with van der Waals surface area (Å²) in [5.74, 6) is -2.57. The Hall–Kier alpha value is -2.02. The molecule has 0 spiro atoms. The fourth-order valence-electron chi connectivity index (χ4n) is 2.49. The molecule has 1 aromatic carbocycles. The summed E-state index contributed by atoms with van der Waals surface area (Å²) < 4.78 is 26.8. The maximum absolute atomic E-state index is 13.8. The molecule has 0 bridgehead atoms. The van der Waals surface area contributed by atoms with Gasteiger partial charge in [-0.1, -0.05) is 6.92 Å². The average molecular weight is 325 g/mol. The van der Waals surface area contributed by atoms with E-state index in [4.69, 9.17) is 0 Å². The summed E-state index contributed by atoms with van der Waals surface area (Å²) in [5.41, 5.74) is 0.0115. The van der Waals surface area contributed by atoms with Crippen molar-refractivity contribution in [1.29, 1.82) is 0 Å². The highest BCUT2D eigenvalue weighted by Gasteiger charge is 2.36. The number of likely N-dealkylation sites (N-methyl/N-ethyl adjacent to an activating group) is 1. The van der Waals surface area contributed by atoms with Gasteiger partial charge in [-0.15, -0.1) is 0 Å². The van der Waals surface area contributed by atoms with E-state index in [1.54, 1.807) is 0 Å². The van der Waals surface area contributed by atoms with Gasteiger partial charge in [-0.25, -0.2) is 8.78 Å². The fourth-order valence-corrected chi connectivity index (χ4v) is 2.49. The number of halogens is 2. The molecule has 7 heteroatoms. The van der Waals surface area contributed by atoms with E-state index in [1.165, 1.54) is 11.0 Å². The molecule has 1 atom stereocenters. The number of anilines is 1. The molecule has 0 aromatic heterocycles. The van der Waals surface area contributed by atoms with Crippen LogP contribution < -0.4 is 10.2 Å². The molecule has 1 aliphatic rings. The molecule has 0 radical (unpaired) electrons. The molecule has 126 valence electrons. The van der Waals surface area contributed by atoms with Gasteiger partial charge < -0.3 is 15.1 Å². The van der Waals surface area contributed by atoms with E-state index in [0.29, 0.717) is 6.54 Å². The lowest BCUT2D eigenvalue weighted by molar-refractivity contribution is -0.126. The largest absolute Gasteiger partial charge is 0.355 e. The Balaban J connectivity index is 1.95. The summed E-state index contributed by atoms with van der Waals surface area (Å²) in [4.78, 5) is 27.4. The standard InChI is InChI=1S/C16H21F2N3O2/c1-3-20(2)7-6-19-16(23)11-8-15(22)21(10-11)14-5-4-12(17)9-13(14)18/h4-5,9,11H,3,6-8,10H2,1-2H3,(H,19,23)/t11-/m0/s1. The highest BCUT2D eigenvalue weighted by atomic mass is 19.1. The monoisotopic (exact) mass is 325 g/mol. The molecule has 1 fully saturated rings. The molecule has 1 saturated heterocycles. The van der Waals surface area contributed by atoms with Crippen LogP contribution >= 0.6 is 0 Å². The van der Waals surface area contributed by atoms with E-state index in [1.807, 2.05) is 14.0 Å². The Morgan fingerprint density at radius 3 is 2.83 bits per heavy atom. The number of rotatable bonds is 6. The van der Waals surface area contributed by atoms with Crippen molar-refractivity contribution in [3.63, 3.8) is 0 Å². The summed E-state index contributed by atoms with van der Waals surface area (Å²) in [6.07, 6.45) is 0.0340. The van der Waals surface area contributed by atoms with Gasteiger partial charge in [0.25, 0.3) is 0 Å². The molecule has 2 amide bonds. The Bertz CT molecular complexity index is 595. The molecule has 0 saturated carbocycles. The number of amides is 2. The minimum Gasteiger partial charge on any atom is -0.355 e. The summed E-state index contributed by atoms with van der Waals surface area (Å²) in [5, 5.41) is 2.79. The molecule has 0 aliphatic carbocycles. The van der Waals surface area contributed by atoms with Crippen LogP contribution in [-0.2, 0) is 9.59 Å². The smallest absolute Gasteiger partial charge is 0.227 e. The molecule has 1 aromatic rings. The molecule has 5 nitrogen and oxygen atoms in total. The third-order valence-electron chi connectivity index (χ3n) is 4.03. The SMILES string of the molecule is CCN(C)CCNC(=O)[C@H]1CC(=O)N(c2ccc(F)cc2F)C1. The van der Waals surface area contributed by atoms with E-state index in [9.17, 15) is 18.4 Å². The van der Waals surface area contributed by atoms with Crippen LogP contribution in [0.3, 0.4) is 0 Å². The predicted octanol–water partition coefficient (Wildman–Crippen LogP) is 1.39. The van der Waals surface area contributed by atoms with Gasteiger partial charge >= 0.3 is 0 Å². The lowest BCUT2D eigenvalue weighted by Gasteiger charge is -2.18. The second kappa shape index (κ2) is 7.50. The van der Waals surface area contributed by atoms with Gasteiger partial charge in [-0.2, -0.15) is 0 Å². The molecule has 1 heterocycles. The van der Waals surface area contributed by atoms with Crippen LogP contribution in [0.2, 0.25) is 0 Å². The number of hydrogen-bond acceptors (Lipinski definition) is 3. The third-order valence-corrected chi connectivity index (χ3v) is 4.03. The Kier molecular flexibility index (Phi) is 5.65. The first-order valence-electron chi connectivity index (χ1n) is 7.64.